The van der Waals surface area contributed by atoms with Gasteiger partial charge in [-0.05, 0) is 6.07 Å². The summed E-state index contributed by atoms with van der Waals surface area (Å²) in [5, 5.41) is 19.0. The molecule has 1 aromatic carbocycles. The molecular formula is C9H9NO5. The van der Waals surface area contributed by atoms with E-state index in [1.165, 1.54) is 25.3 Å². The number of carboxylic acids is 1. The van der Waals surface area contributed by atoms with Crippen LogP contribution in [0.4, 0.5) is 5.69 Å². The Balaban J connectivity index is 3.08. The molecule has 1 N–H and O–H groups in total. The Morgan fingerprint density at radius 2 is 2.27 bits per heavy atom. The second-order valence-corrected chi connectivity index (χ2v) is 2.82. The lowest BCUT2D eigenvalue weighted by molar-refractivity contribution is -0.384. The summed E-state index contributed by atoms with van der Waals surface area (Å²) in [5.41, 5.74) is 0.289. The Labute approximate surface area is 85.2 Å². The summed E-state index contributed by atoms with van der Waals surface area (Å²) in [7, 11) is 1.34. The molecule has 6 nitrogen and oxygen atoms in total. The molecule has 0 aliphatic heterocycles. The highest BCUT2D eigenvalue weighted by Crippen LogP contribution is 2.24. The lowest BCUT2D eigenvalue weighted by Gasteiger charge is -2.05. The van der Waals surface area contributed by atoms with Crippen LogP contribution in [0.3, 0.4) is 0 Å². The number of aliphatic carboxylic acids is 1. The van der Waals surface area contributed by atoms with Gasteiger partial charge >= 0.3 is 5.97 Å². The molecule has 0 atom stereocenters. The Bertz CT molecular complexity index is 401. The minimum Gasteiger partial charge on any atom is -0.496 e. The monoisotopic (exact) mass is 211 g/mol. The highest BCUT2D eigenvalue weighted by molar-refractivity contribution is 5.71. The van der Waals surface area contributed by atoms with E-state index in [9.17, 15) is 14.9 Å². The Kier molecular flexibility index (Phi) is 3.22. The van der Waals surface area contributed by atoms with Gasteiger partial charge in [-0.1, -0.05) is 0 Å². The summed E-state index contributed by atoms with van der Waals surface area (Å²) in [6.45, 7) is 0. The van der Waals surface area contributed by atoms with E-state index in [1.54, 1.807) is 0 Å². The zero-order valence-corrected chi connectivity index (χ0v) is 7.97. The van der Waals surface area contributed by atoms with Crippen LogP contribution in [0.5, 0.6) is 5.75 Å². The molecule has 6 heteroatoms. The van der Waals surface area contributed by atoms with Gasteiger partial charge in [0.2, 0.25) is 0 Å². The molecule has 0 saturated heterocycles. The van der Waals surface area contributed by atoms with Crippen molar-refractivity contribution < 1.29 is 19.6 Å². The van der Waals surface area contributed by atoms with Gasteiger partial charge in [0.05, 0.1) is 24.5 Å². The fraction of sp³-hybridized carbons (Fsp3) is 0.222. The van der Waals surface area contributed by atoms with Crippen LogP contribution in [0.1, 0.15) is 5.56 Å². The normalized spacial score (nSPS) is 9.67. The highest BCUT2D eigenvalue weighted by Gasteiger charge is 2.12. The van der Waals surface area contributed by atoms with Gasteiger partial charge < -0.3 is 9.84 Å². The molecule has 0 saturated carbocycles. The number of benzene rings is 1. The summed E-state index contributed by atoms with van der Waals surface area (Å²) >= 11 is 0. The van der Waals surface area contributed by atoms with Gasteiger partial charge in [0.15, 0.2) is 0 Å². The molecule has 0 radical (unpaired) electrons. The number of nitro benzene ring substituents is 1. The molecule has 15 heavy (non-hydrogen) atoms. The lowest BCUT2D eigenvalue weighted by Crippen LogP contribution is -2.02. The zero-order chi connectivity index (χ0) is 11.4. The number of hydrogen-bond acceptors (Lipinski definition) is 4. The fourth-order valence-electron chi connectivity index (χ4n) is 1.16. The van der Waals surface area contributed by atoms with Crippen molar-refractivity contribution in [2.45, 2.75) is 6.42 Å². The maximum atomic E-state index is 10.5. The van der Waals surface area contributed by atoms with E-state index in [-0.39, 0.29) is 17.9 Å². The molecular weight excluding hydrogens is 202 g/mol. The zero-order valence-electron chi connectivity index (χ0n) is 7.97. The number of nitro groups is 1. The number of hydrogen-bond donors (Lipinski definition) is 1. The van der Waals surface area contributed by atoms with Crippen LogP contribution in [-0.4, -0.2) is 23.1 Å². The van der Waals surface area contributed by atoms with E-state index in [1.807, 2.05) is 0 Å². The second kappa shape index (κ2) is 4.41. The molecule has 80 valence electrons. The molecule has 0 bridgehead atoms. The van der Waals surface area contributed by atoms with Crippen LogP contribution in [0.25, 0.3) is 0 Å². The molecule has 0 heterocycles. The fourth-order valence-corrected chi connectivity index (χ4v) is 1.16. The van der Waals surface area contributed by atoms with Gasteiger partial charge in [-0.3, -0.25) is 14.9 Å². The highest BCUT2D eigenvalue weighted by atomic mass is 16.6. The van der Waals surface area contributed by atoms with Crippen molar-refractivity contribution in [2.24, 2.45) is 0 Å². The first kappa shape index (κ1) is 11.0. The van der Waals surface area contributed by atoms with Crippen molar-refractivity contribution in [1.82, 2.24) is 0 Å². The Hall–Kier alpha value is -2.11. The van der Waals surface area contributed by atoms with Crippen LogP contribution in [0, 0.1) is 10.1 Å². The van der Waals surface area contributed by atoms with Gasteiger partial charge in [0, 0.05) is 11.6 Å². The largest absolute Gasteiger partial charge is 0.496 e. The van der Waals surface area contributed by atoms with Crippen LogP contribution in [-0.2, 0) is 11.2 Å². The third-order valence-corrected chi connectivity index (χ3v) is 1.82. The molecule has 0 aliphatic rings. The quantitative estimate of drug-likeness (QED) is 0.597. The number of nitrogens with zero attached hydrogens (tertiary/aromatic N) is 1. The molecule has 0 aliphatic carbocycles. The molecule has 1 rings (SSSR count). The third kappa shape index (κ3) is 2.67. The Morgan fingerprint density at radius 3 is 2.73 bits per heavy atom. The number of rotatable bonds is 4. The van der Waals surface area contributed by atoms with Gasteiger partial charge in [-0.2, -0.15) is 0 Å². The van der Waals surface area contributed by atoms with Crippen molar-refractivity contribution in [3.05, 3.63) is 33.9 Å². The standard InChI is InChI=1S/C9H9NO5/c1-15-8-5-7(10(13)14)3-2-6(8)4-9(11)12/h2-3,5H,4H2,1H3,(H,11,12). The maximum absolute atomic E-state index is 10.5. The first-order chi connectivity index (χ1) is 7.04. The summed E-state index contributed by atoms with van der Waals surface area (Å²) in [6.07, 6.45) is -0.221. The number of ether oxygens (including phenoxy) is 1. The van der Waals surface area contributed by atoms with Crippen LogP contribution >= 0.6 is 0 Å². The van der Waals surface area contributed by atoms with E-state index >= 15 is 0 Å². The number of methoxy groups -OCH3 is 1. The summed E-state index contributed by atoms with van der Waals surface area (Å²) in [6, 6.07) is 3.84. The average Bonchev–Trinajstić information content (AvgIpc) is 2.17. The predicted molar refractivity (Wildman–Crippen MR) is 51.0 cm³/mol. The molecule has 0 unspecified atom stereocenters. The van der Waals surface area contributed by atoms with Crippen molar-refractivity contribution >= 4 is 11.7 Å². The van der Waals surface area contributed by atoms with E-state index in [0.29, 0.717) is 5.56 Å². The van der Waals surface area contributed by atoms with Crippen molar-refractivity contribution in [1.29, 1.82) is 0 Å². The van der Waals surface area contributed by atoms with Gasteiger partial charge in [-0.15, -0.1) is 0 Å². The van der Waals surface area contributed by atoms with Crippen LogP contribution < -0.4 is 4.74 Å². The van der Waals surface area contributed by atoms with Crippen molar-refractivity contribution in [3.63, 3.8) is 0 Å². The number of non-ortho nitro benzene ring substituents is 1. The number of carbonyl (C=O) groups is 1. The van der Waals surface area contributed by atoms with E-state index in [2.05, 4.69) is 0 Å². The van der Waals surface area contributed by atoms with Gasteiger partial charge in [0.1, 0.15) is 5.75 Å². The topological polar surface area (TPSA) is 89.7 Å². The SMILES string of the molecule is COc1cc([N+](=O)[O-])ccc1CC(=O)O. The maximum Gasteiger partial charge on any atom is 0.307 e. The van der Waals surface area contributed by atoms with Crippen LogP contribution in [0.2, 0.25) is 0 Å². The van der Waals surface area contributed by atoms with E-state index in [4.69, 9.17) is 9.84 Å². The lowest BCUT2D eigenvalue weighted by atomic mass is 10.1. The minimum absolute atomic E-state index is 0.124. The molecule has 1 aromatic rings. The summed E-state index contributed by atoms with van der Waals surface area (Å²) < 4.78 is 4.87. The van der Waals surface area contributed by atoms with Gasteiger partial charge in [-0.25, -0.2) is 0 Å². The molecule has 0 spiro atoms. The smallest absolute Gasteiger partial charge is 0.307 e. The summed E-state index contributed by atoms with van der Waals surface area (Å²) in [5.74, 6) is -0.797. The Morgan fingerprint density at radius 1 is 1.60 bits per heavy atom. The third-order valence-electron chi connectivity index (χ3n) is 1.82. The second-order valence-electron chi connectivity index (χ2n) is 2.82. The molecule has 0 fully saturated rings. The van der Waals surface area contributed by atoms with Crippen LogP contribution in [0.15, 0.2) is 18.2 Å². The first-order valence-corrected chi connectivity index (χ1v) is 4.07. The summed E-state index contributed by atoms with van der Waals surface area (Å²) in [4.78, 5) is 20.3. The first-order valence-electron chi connectivity index (χ1n) is 4.07. The predicted octanol–water partition coefficient (Wildman–Crippen LogP) is 1.23. The van der Waals surface area contributed by atoms with E-state index in [0.717, 1.165) is 0 Å². The molecule has 0 amide bonds. The number of carboxylic acid groups (broad SMARTS) is 1. The molecule has 0 aromatic heterocycles. The average molecular weight is 211 g/mol. The van der Waals surface area contributed by atoms with Crippen molar-refractivity contribution in [3.8, 4) is 5.75 Å². The van der Waals surface area contributed by atoms with E-state index < -0.39 is 10.9 Å². The van der Waals surface area contributed by atoms with Crippen molar-refractivity contribution in [2.75, 3.05) is 7.11 Å². The minimum atomic E-state index is -1.01. The van der Waals surface area contributed by atoms with Gasteiger partial charge in [0.25, 0.3) is 5.69 Å².